The summed E-state index contributed by atoms with van der Waals surface area (Å²) in [6, 6.07) is 0. The van der Waals surface area contributed by atoms with E-state index in [0.717, 1.165) is 12.2 Å². The van der Waals surface area contributed by atoms with Crippen LogP contribution in [0.5, 0.6) is 0 Å². The van der Waals surface area contributed by atoms with Crippen LogP contribution < -0.4 is 5.73 Å². The summed E-state index contributed by atoms with van der Waals surface area (Å²) in [7, 11) is 1.66. The molecule has 0 spiro atoms. The molecule has 2 N–H and O–H groups in total. The average molecular weight is 199 g/mol. The Morgan fingerprint density at radius 3 is 2.93 bits per heavy atom. The number of hydrogen-bond donors (Lipinski definition) is 1. The zero-order valence-electron chi connectivity index (χ0n) is 8.48. The van der Waals surface area contributed by atoms with Crippen LogP contribution in [-0.4, -0.2) is 36.5 Å². The first-order valence-electron chi connectivity index (χ1n) is 4.64. The van der Waals surface area contributed by atoms with E-state index in [1.54, 1.807) is 13.4 Å². The van der Waals surface area contributed by atoms with Gasteiger partial charge in [0.2, 0.25) is 0 Å². The van der Waals surface area contributed by atoms with Crippen molar-refractivity contribution in [1.82, 2.24) is 9.55 Å². The van der Waals surface area contributed by atoms with Gasteiger partial charge in [0.1, 0.15) is 0 Å². The lowest BCUT2D eigenvalue weighted by molar-refractivity contribution is 0.0666. The zero-order valence-corrected chi connectivity index (χ0v) is 8.48. The summed E-state index contributed by atoms with van der Waals surface area (Å²) in [5, 5.41) is 0. The van der Waals surface area contributed by atoms with Crippen molar-refractivity contribution in [2.75, 3.05) is 26.9 Å². The molecule has 5 nitrogen and oxygen atoms in total. The predicted molar refractivity (Wildman–Crippen MR) is 52.8 cm³/mol. The average Bonchev–Trinajstić information content (AvgIpc) is 2.65. The molecule has 1 aromatic heterocycles. The summed E-state index contributed by atoms with van der Waals surface area (Å²) in [5.74, 6) is 0. The van der Waals surface area contributed by atoms with Crippen molar-refractivity contribution in [3.05, 3.63) is 18.2 Å². The fourth-order valence-corrected chi connectivity index (χ4v) is 1.05. The number of rotatable bonds is 7. The summed E-state index contributed by atoms with van der Waals surface area (Å²) in [4.78, 5) is 4.11. The SMILES string of the molecule is COCCOCCn1cnc(CN)c1. The smallest absolute Gasteiger partial charge is 0.0950 e. The number of nitrogens with zero attached hydrogens (tertiary/aromatic N) is 2. The molecule has 0 aliphatic rings. The maximum Gasteiger partial charge on any atom is 0.0950 e. The first kappa shape index (κ1) is 11.2. The molecule has 0 unspecified atom stereocenters. The Labute approximate surface area is 83.8 Å². The minimum absolute atomic E-state index is 0.484. The van der Waals surface area contributed by atoms with E-state index in [-0.39, 0.29) is 0 Å². The molecule has 0 aliphatic heterocycles. The second kappa shape index (κ2) is 6.53. The van der Waals surface area contributed by atoms with Gasteiger partial charge in [-0.1, -0.05) is 0 Å². The second-order valence-corrected chi connectivity index (χ2v) is 2.91. The van der Waals surface area contributed by atoms with Gasteiger partial charge in [-0.25, -0.2) is 4.98 Å². The number of methoxy groups -OCH3 is 1. The molecule has 0 aromatic carbocycles. The third kappa shape index (κ3) is 3.87. The van der Waals surface area contributed by atoms with Gasteiger partial charge in [-0.15, -0.1) is 0 Å². The van der Waals surface area contributed by atoms with Crippen molar-refractivity contribution < 1.29 is 9.47 Å². The lowest BCUT2D eigenvalue weighted by atomic mass is 10.5. The number of nitrogens with two attached hydrogens (primary N) is 1. The Kier molecular flexibility index (Phi) is 5.21. The van der Waals surface area contributed by atoms with Crippen molar-refractivity contribution in [3.63, 3.8) is 0 Å². The van der Waals surface area contributed by atoms with Crippen molar-refractivity contribution in [2.24, 2.45) is 5.73 Å². The van der Waals surface area contributed by atoms with Crippen LogP contribution in [0.2, 0.25) is 0 Å². The molecular weight excluding hydrogens is 182 g/mol. The molecule has 0 saturated carbocycles. The molecule has 1 aromatic rings. The third-order valence-electron chi connectivity index (χ3n) is 1.82. The monoisotopic (exact) mass is 199 g/mol. The molecule has 0 amide bonds. The minimum Gasteiger partial charge on any atom is -0.382 e. The van der Waals surface area contributed by atoms with Gasteiger partial charge in [-0.05, 0) is 0 Å². The maximum absolute atomic E-state index is 5.43. The van der Waals surface area contributed by atoms with E-state index in [2.05, 4.69) is 4.98 Å². The van der Waals surface area contributed by atoms with Crippen LogP contribution in [0.3, 0.4) is 0 Å². The first-order chi connectivity index (χ1) is 6.86. The predicted octanol–water partition coefficient (Wildman–Crippen LogP) is 0.00480. The van der Waals surface area contributed by atoms with Crippen LogP contribution in [-0.2, 0) is 22.6 Å². The van der Waals surface area contributed by atoms with Crippen LogP contribution in [0.25, 0.3) is 0 Å². The first-order valence-corrected chi connectivity index (χ1v) is 4.64. The summed E-state index contributed by atoms with van der Waals surface area (Å²) >= 11 is 0. The van der Waals surface area contributed by atoms with Gasteiger partial charge in [0.25, 0.3) is 0 Å². The quantitative estimate of drug-likeness (QED) is 0.628. The third-order valence-corrected chi connectivity index (χ3v) is 1.82. The standard InChI is InChI=1S/C9H17N3O2/c1-13-4-5-14-3-2-12-7-9(6-10)11-8-12/h7-8H,2-6,10H2,1H3. The normalized spacial score (nSPS) is 10.7. The highest BCUT2D eigenvalue weighted by atomic mass is 16.5. The highest BCUT2D eigenvalue weighted by Crippen LogP contribution is 1.94. The second-order valence-electron chi connectivity index (χ2n) is 2.91. The lowest BCUT2D eigenvalue weighted by Crippen LogP contribution is -2.08. The lowest BCUT2D eigenvalue weighted by Gasteiger charge is -2.03. The Morgan fingerprint density at radius 2 is 2.29 bits per heavy atom. The molecule has 14 heavy (non-hydrogen) atoms. The van der Waals surface area contributed by atoms with E-state index in [1.807, 2.05) is 10.8 Å². The van der Waals surface area contributed by atoms with Crippen molar-refractivity contribution in [2.45, 2.75) is 13.1 Å². The molecule has 1 rings (SSSR count). The number of hydrogen-bond acceptors (Lipinski definition) is 4. The summed E-state index contributed by atoms with van der Waals surface area (Å²) in [6.45, 7) is 3.23. The maximum atomic E-state index is 5.43. The van der Waals surface area contributed by atoms with E-state index >= 15 is 0 Å². The Morgan fingerprint density at radius 1 is 1.43 bits per heavy atom. The van der Waals surface area contributed by atoms with Gasteiger partial charge in [-0.2, -0.15) is 0 Å². The molecule has 0 fully saturated rings. The zero-order chi connectivity index (χ0) is 10.2. The Balaban J connectivity index is 2.12. The van der Waals surface area contributed by atoms with Crippen LogP contribution >= 0.6 is 0 Å². The molecule has 0 aliphatic carbocycles. The largest absolute Gasteiger partial charge is 0.382 e. The van der Waals surface area contributed by atoms with E-state index in [0.29, 0.717) is 26.4 Å². The molecule has 80 valence electrons. The van der Waals surface area contributed by atoms with Gasteiger partial charge in [0.05, 0.1) is 31.8 Å². The molecule has 5 heteroatoms. The summed E-state index contributed by atoms with van der Waals surface area (Å²) in [5.41, 5.74) is 6.34. The van der Waals surface area contributed by atoms with Crippen molar-refractivity contribution in [3.8, 4) is 0 Å². The number of imidazole rings is 1. The molecular formula is C9H17N3O2. The van der Waals surface area contributed by atoms with E-state index in [1.165, 1.54) is 0 Å². The number of aromatic nitrogens is 2. The highest BCUT2D eigenvalue weighted by molar-refractivity contribution is 4.95. The van der Waals surface area contributed by atoms with Gasteiger partial charge in [0, 0.05) is 26.4 Å². The van der Waals surface area contributed by atoms with E-state index < -0.39 is 0 Å². The number of ether oxygens (including phenoxy) is 2. The van der Waals surface area contributed by atoms with Gasteiger partial charge < -0.3 is 19.8 Å². The summed E-state index contributed by atoms with van der Waals surface area (Å²) < 4.78 is 12.1. The van der Waals surface area contributed by atoms with Crippen molar-refractivity contribution >= 4 is 0 Å². The summed E-state index contributed by atoms with van der Waals surface area (Å²) in [6.07, 6.45) is 3.70. The van der Waals surface area contributed by atoms with Crippen molar-refractivity contribution in [1.29, 1.82) is 0 Å². The van der Waals surface area contributed by atoms with Crippen LogP contribution in [0.15, 0.2) is 12.5 Å². The molecule has 0 saturated heterocycles. The van der Waals surface area contributed by atoms with Crippen LogP contribution in [0, 0.1) is 0 Å². The van der Waals surface area contributed by atoms with Crippen LogP contribution in [0.4, 0.5) is 0 Å². The molecule has 0 bridgehead atoms. The fraction of sp³-hybridized carbons (Fsp3) is 0.667. The van der Waals surface area contributed by atoms with Gasteiger partial charge >= 0.3 is 0 Å². The minimum atomic E-state index is 0.484. The van der Waals surface area contributed by atoms with Gasteiger partial charge in [0.15, 0.2) is 0 Å². The highest BCUT2D eigenvalue weighted by Gasteiger charge is 1.95. The fourth-order valence-electron chi connectivity index (χ4n) is 1.05. The Hall–Kier alpha value is -0.910. The molecule has 1 heterocycles. The van der Waals surface area contributed by atoms with Crippen LogP contribution in [0.1, 0.15) is 5.69 Å². The molecule has 0 atom stereocenters. The van der Waals surface area contributed by atoms with E-state index in [4.69, 9.17) is 15.2 Å². The Bertz CT molecular complexity index is 250. The topological polar surface area (TPSA) is 62.3 Å². The van der Waals surface area contributed by atoms with Gasteiger partial charge in [-0.3, -0.25) is 0 Å². The van der Waals surface area contributed by atoms with E-state index in [9.17, 15) is 0 Å². The molecule has 0 radical (unpaired) electrons.